The maximum absolute atomic E-state index is 14.3. The number of anilines is 1. The highest BCUT2D eigenvalue weighted by Crippen LogP contribution is 2.24. The van der Waals surface area contributed by atoms with E-state index in [4.69, 9.17) is 0 Å². The molecular formula is C22H23FN4O3. The van der Waals surface area contributed by atoms with Crippen LogP contribution in [0.4, 0.5) is 10.1 Å². The lowest BCUT2D eigenvalue weighted by atomic mass is 9.86. The minimum Gasteiger partial charge on any atom is -0.393 e. The van der Waals surface area contributed by atoms with Gasteiger partial charge in [-0.15, -0.1) is 0 Å². The molecule has 1 saturated carbocycles. The number of aromatic nitrogens is 2. The first-order valence-electron chi connectivity index (χ1n) is 10.0. The Hall–Kier alpha value is -3.26. The third-order valence-corrected chi connectivity index (χ3v) is 5.52. The number of aliphatic hydroxyl groups is 1. The van der Waals surface area contributed by atoms with Crippen molar-refractivity contribution in [2.45, 2.75) is 31.8 Å². The number of imidazole rings is 1. The molecule has 2 amide bonds. The summed E-state index contributed by atoms with van der Waals surface area (Å²) in [6, 6.07) is 9.15. The largest absolute Gasteiger partial charge is 0.393 e. The van der Waals surface area contributed by atoms with Gasteiger partial charge >= 0.3 is 0 Å². The van der Waals surface area contributed by atoms with Crippen LogP contribution >= 0.6 is 0 Å². The average Bonchev–Trinajstić information content (AvgIpc) is 3.19. The van der Waals surface area contributed by atoms with Gasteiger partial charge in [0.15, 0.2) is 0 Å². The van der Waals surface area contributed by atoms with Gasteiger partial charge in [-0.05, 0) is 43.2 Å². The number of nitrogens with one attached hydrogen (secondary N) is 2. The molecule has 1 aliphatic rings. The first kappa shape index (κ1) is 20.0. The van der Waals surface area contributed by atoms with Crippen molar-refractivity contribution < 1.29 is 19.1 Å². The highest BCUT2D eigenvalue weighted by atomic mass is 19.1. The van der Waals surface area contributed by atoms with Crippen molar-refractivity contribution in [2.75, 3.05) is 11.9 Å². The molecule has 0 unspecified atom stereocenters. The van der Waals surface area contributed by atoms with Crippen LogP contribution in [-0.4, -0.2) is 39.0 Å². The Morgan fingerprint density at radius 1 is 1.17 bits per heavy atom. The van der Waals surface area contributed by atoms with Gasteiger partial charge in [0, 0.05) is 24.2 Å². The lowest BCUT2D eigenvalue weighted by Gasteiger charge is -2.27. The van der Waals surface area contributed by atoms with Crippen LogP contribution < -0.4 is 10.6 Å². The van der Waals surface area contributed by atoms with Crippen molar-refractivity contribution in [1.82, 2.24) is 14.7 Å². The quantitative estimate of drug-likeness (QED) is 0.603. The fraction of sp³-hybridized carbons (Fsp3) is 0.318. The molecule has 0 saturated heterocycles. The number of carbonyl (C=O) groups excluding carboxylic acids is 2. The van der Waals surface area contributed by atoms with Gasteiger partial charge in [-0.2, -0.15) is 0 Å². The zero-order chi connectivity index (χ0) is 21.1. The first-order chi connectivity index (χ1) is 14.5. The van der Waals surface area contributed by atoms with Gasteiger partial charge in [-0.1, -0.05) is 18.9 Å². The number of halogens is 1. The monoisotopic (exact) mass is 410 g/mol. The minimum absolute atomic E-state index is 0.0254. The second-order valence-corrected chi connectivity index (χ2v) is 7.54. The number of fused-ring (bicyclic) bond motifs is 1. The Morgan fingerprint density at radius 2 is 2.00 bits per heavy atom. The third kappa shape index (κ3) is 4.18. The van der Waals surface area contributed by atoms with Crippen LogP contribution in [0.25, 0.3) is 5.65 Å². The molecular weight excluding hydrogens is 387 g/mol. The summed E-state index contributed by atoms with van der Waals surface area (Å²) in [7, 11) is 0. The second kappa shape index (κ2) is 8.62. The van der Waals surface area contributed by atoms with Crippen LogP contribution in [-0.2, 0) is 0 Å². The zero-order valence-electron chi connectivity index (χ0n) is 16.3. The highest BCUT2D eigenvalue weighted by Gasteiger charge is 2.23. The van der Waals surface area contributed by atoms with Gasteiger partial charge in [0.2, 0.25) is 0 Å². The topological polar surface area (TPSA) is 95.7 Å². The van der Waals surface area contributed by atoms with Gasteiger partial charge in [-0.3, -0.25) is 14.0 Å². The Kier molecular flexibility index (Phi) is 5.76. The maximum atomic E-state index is 14.3. The van der Waals surface area contributed by atoms with Gasteiger partial charge in [-0.25, -0.2) is 9.37 Å². The number of pyridine rings is 1. The van der Waals surface area contributed by atoms with Crippen LogP contribution in [0.15, 0.2) is 48.8 Å². The smallest absolute Gasteiger partial charge is 0.274 e. The number of amides is 2. The molecule has 3 N–H and O–H groups in total. The normalized spacial score (nSPS) is 18.9. The SMILES string of the molecule is O=C(NC[C@@H]1CCCC[C@H]1O)c1ccc(F)c(NC(=O)c2cnc3ccccn23)c1. The standard InChI is InChI=1S/C22H23FN4O3/c23-16-9-8-14(21(29)25-12-15-5-1-2-6-19(15)28)11-17(16)26-22(30)18-13-24-20-7-3-4-10-27(18)20/h3-4,7-11,13,15,19,28H,1-2,5-6,12H2,(H,25,29)(H,26,30)/t15-,19+/m0/s1. The molecule has 1 fully saturated rings. The Labute approximate surface area is 172 Å². The Balaban J connectivity index is 1.46. The number of aliphatic hydroxyl groups excluding tert-OH is 1. The molecule has 3 aromatic rings. The van der Waals surface area contributed by atoms with Crippen molar-refractivity contribution in [2.24, 2.45) is 5.92 Å². The average molecular weight is 410 g/mol. The number of rotatable bonds is 5. The molecule has 1 aliphatic carbocycles. The van der Waals surface area contributed by atoms with E-state index < -0.39 is 17.8 Å². The van der Waals surface area contributed by atoms with Crippen molar-refractivity contribution in [3.05, 3.63) is 65.9 Å². The van der Waals surface area contributed by atoms with E-state index in [2.05, 4.69) is 15.6 Å². The van der Waals surface area contributed by atoms with Crippen LogP contribution in [0.3, 0.4) is 0 Å². The summed E-state index contributed by atoms with van der Waals surface area (Å²) in [5.41, 5.74) is 0.999. The Bertz CT molecular complexity index is 1080. The number of hydrogen-bond donors (Lipinski definition) is 3. The molecule has 0 aliphatic heterocycles. The number of benzene rings is 1. The van der Waals surface area contributed by atoms with Crippen LogP contribution in [0.2, 0.25) is 0 Å². The molecule has 2 atom stereocenters. The van der Waals surface area contributed by atoms with Crippen molar-refractivity contribution in [3.8, 4) is 0 Å². The van der Waals surface area contributed by atoms with E-state index in [0.29, 0.717) is 12.2 Å². The molecule has 2 aromatic heterocycles. The molecule has 8 heteroatoms. The molecule has 2 heterocycles. The van der Waals surface area contributed by atoms with Gasteiger partial charge in [0.1, 0.15) is 17.2 Å². The van der Waals surface area contributed by atoms with Crippen LogP contribution in [0.1, 0.15) is 46.5 Å². The lowest BCUT2D eigenvalue weighted by Crippen LogP contribution is -2.36. The number of hydrogen-bond acceptors (Lipinski definition) is 4. The summed E-state index contributed by atoms with van der Waals surface area (Å²) in [6.45, 7) is 0.362. The minimum atomic E-state index is -0.642. The van der Waals surface area contributed by atoms with E-state index in [9.17, 15) is 19.1 Å². The van der Waals surface area contributed by atoms with Crippen molar-refractivity contribution >= 4 is 23.1 Å². The van der Waals surface area contributed by atoms with Gasteiger partial charge in [0.25, 0.3) is 11.8 Å². The molecule has 1 aromatic carbocycles. The fourth-order valence-corrected chi connectivity index (χ4v) is 3.80. The van der Waals surface area contributed by atoms with Gasteiger partial charge < -0.3 is 15.7 Å². The van der Waals surface area contributed by atoms with E-state index in [0.717, 1.165) is 31.7 Å². The molecule has 30 heavy (non-hydrogen) atoms. The van der Waals surface area contributed by atoms with Crippen molar-refractivity contribution in [3.63, 3.8) is 0 Å². The summed E-state index contributed by atoms with van der Waals surface area (Å²) in [4.78, 5) is 29.3. The van der Waals surface area contributed by atoms with Crippen LogP contribution in [0.5, 0.6) is 0 Å². The summed E-state index contributed by atoms with van der Waals surface area (Å²) < 4.78 is 15.9. The van der Waals surface area contributed by atoms with E-state index >= 15 is 0 Å². The first-order valence-corrected chi connectivity index (χ1v) is 10.0. The molecule has 4 rings (SSSR count). The summed E-state index contributed by atoms with van der Waals surface area (Å²) >= 11 is 0. The zero-order valence-corrected chi connectivity index (χ0v) is 16.3. The number of carbonyl (C=O) groups is 2. The molecule has 7 nitrogen and oxygen atoms in total. The summed E-state index contributed by atoms with van der Waals surface area (Å²) in [6.07, 6.45) is 6.34. The van der Waals surface area contributed by atoms with Gasteiger partial charge in [0.05, 0.1) is 18.0 Å². The summed E-state index contributed by atoms with van der Waals surface area (Å²) in [5, 5.41) is 15.4. The predicted octanol–water partition coefficient (Wildman–Crippen LogP) is 3.01. The van der Waals surface area contributed by atoms with E-state index in [1.807, 2.05) is 0 Å². The molecule has 0 bridgehead atoms. The molecule has 0 spiro atoms. The third-order valence-electron chi connectivity index (χ3n) is 5.52. The van der Waals surface area contributed by atoms with E-state index in [1.165, 1.54) is 18.3 Å². The van der Waals surface area contributed by atoms with Crippen molar-refractivity contribution in [1.29, 1.82) is 0 Å². The lowest BCUT2D eigenvalue weighted by molar-refractivity contribution is 0.0662. The number of nitrogens with zero attached hydrogens (tertiary/aromatic N) is 2. The van der Waals surface area contributed by atoms with E-state index in [-0.39, 0.29) is 28.8 Å². The van der Waals surface area contributed by atoms with Crippen LogP contribution in [0, 0.1) is 11.7 Å². The second-order valence-electron chi connectivity index (χ2n) is 7.54. The maximum Gasteiger partial charge on any atom is 0.274 e. The predicted molar refractivity (Wildman–Crippen MR) is 110 cm³/mol. The molecule has 156 valence electrons. The highest BCUT2D eigenvalue weighted by molar-refractivity contribution is 6.04. The Morgan fingerprint density at radius 3 is 2.83 bits per heavy atom. The molecule has 0 radical (unpaired) electrons. The fourth-order valence-electron chi connectivity index (χ4n) is 3.80. The summed E-state index contributed by atoms with van der Waals surface area (Å²) in [5.74, 6) is -1.53. The van der Waals surface area contributed by atoms with E-state index in [1.54, 1.807) is 28.8 Å².